The average Bonchev–Trinajstić information content (AvgIpc) is 2.83. The predicted octanol–water partition coefficient (Wildman–Crippen LogP) is 6.24. The van der Waals surface area contributed by atoms with Gasteiger partial charge < -0.3 is 5.32 Å². The number of benzene rings is 1. The minimum Gasteiger partial charge on any atom is -0.364 e. The van der Waals surface area contributed by atoms with Gasteiger partial charge in [0.25, 0.3) is 0 Å². The van der Waals surface area contributed by atoms with E-state index in [1.807, 2.05) is 0 Å². The van der Waals surface area contributed by atoms with Crippen LogP contribution in [0.1, 0.15) is 52.2 Å². The highest BCUT2D eigenvalue weighted by Gasteiger charge is 2.28. The largest absolute Gasteiger partial charge is 0.364 e. The summed E-state index contributed by atoms with van der Waals surface area (Å²) >= 11 is 0. The molecular formula is C23H31N3. The molecule has 3 aromatic rings. The average molecular weight is 350 g/mol. The number of hydrogen-bond acceptors (Lipinski definition) is 2. The number of aryl methyl sites for hydroxylation is 2. The van der Waals surface area contributed by atoms with Gasteiger partial charge in [-0.15, -0.1) is 0 Å². The van der Waals surface area contributed by atoms with Gasteiger partial charge in [-0.05, 0) is 51.2 Å². The molecule has 0 saturated carbocycles. The number of nitrogens with one attached hydrogen (secondary N) is 1. The number of imidazole rings is 1. The molecule has 1 aromatic carbocycles. The summed E-state index contributed by atoms with van der Waals surface area (Å²) in [6.07, 6.45) is 3.22. The van der Waals surface area contributed by atoms with Crippen molar-refractivity contribution < 1.29 is 0 Å². The second-order valence-electron chi connectivity index (χ2n) is 9.36. The first-order valence-corrected chi connectivity index (χ1v) is 9.38. The van der Waals surface area contributed by atoms with E-state index in [0.29, 0.717) is 0 Å². The Balaban J connectivity index is 2.13. The highest BCUT2D eigenvalue weighted by atomic mass is 15.2. The number of anilines is 1. The van der Waals surface area contributed by atoms with Gasteiger partial charge in [0.15, 0.2) is 0 Å². The Hall–Kier alpha value is -2.29. The Bertz CT molecular complexity index is 909. The van der Waals surface area contributed by atoms with Crippen LogP contribution in [0.4, 0.5) is 5.82 Å². The van der Waals surface area contributed by atoms with E-state index in [9.17, 15) is 0 Å². The maximum Gasteiger partial charge on any atom is 0.139 e. The van der Waals surface area contributed by atoms with Gasteiger partial charge in [-0.1, -0.05) is 56.7 Å². The first kappa shape index (κ1) is 18.5. The molecule has 2 heterocycles. The lowest BCUT2D eigenvalue weighted by Gasteiger charge is -2.34. The first-order chi connectivity index (χ1) is 12.0. The summed E-state index contributed by atoms with van der Waals surface area (Å²) in [5.41, 5.74) is 5.82. The van der Waals surface area contributed by atoms with Gasteiger partial charge in [0.1, 0.15) is 17.2 Å². The third kappa shape index (κ3) is 4.09. The molecule has 3 nitrogen and oxygen atoms in total. The molecule has 0 amide bonds. The second-order valence-corrected chi connectivity index (χ2v) is 9.36. The van der Waals surface area contributed by atoms with Crippen molar-refractivity contribution in [3.05, 3.63) is 53.7 Å². The van der Waals surface area contributed by atoms with Crippen molar-refractivity contribution in [1.82, 2.24) is 9.38 Å². The fraction of sp³-hybridized carbons (Fsp3) is 0.435. The molecule has 0 aliphatic carbocycles. The van der Waals surface area contributed by atoms with E-state index in [1.54, 1.807) is 0 Å². The monoisotopic (exact) mass is 349 g/mol. The summed E-state index contributed by atoms with van der Waals surface area (Å²) in [5.74, 6) is 1.07. The maximum atomic E-state index is 4.93. The Kier molecular flexibility index (Phi) is 4.60. The van der Waals surface area contributed by atoms with Crippen molar-refractivity contribution in [3.63, 3.8) is 0 Å². The molecule has 0 radical (unpaired) electrons. The summed E-state index contributed by atoms with van der Waals surface area (Å²) in [6, 6.07) is 12.8. The van der Waals surface area contributed by atoms with Crippen LogP contribution in [0.5, 0.6) is 0 Å². The van der Waals surface area contributed by atoms with Gasteiger partial charge in [0, 0.05) is 17.3 Å². The van der Waals surface area contributed by atoms with Gasteiger partial charge in [0.05, 0.1) is 0 Å². The zero-order valence-corrected chi connectivity index (χ0v) is 17.1. The molecule has 2 aromatic heterocycles. The zero-order chi connectivity index (χ0) is 19.1. The smallest absolute Gasteiger partial charge is 0.139 e. The van der Waals surface area contributed by atoms with Crippen LogP contribution in [0.15, 0.2) is 42.6 Å². The fourth-order valence-electron chi connectivity index (χ4n) is 3.87. The number of nitrogens with zero attached hydrogens (tertiary/aromatic N) is 2. The molecule has 0 aliphatic heterocycles. The van der Waals surface area contributed by atoms with Crippen molar-refractivity contribution in [2.24, 2.45) is 5.41 Å². The summed E-state index contributed by atoms with van der Waals surface area (Å²) in [6.45, 7) is 15.6. The molecule has 3 heteroatoms. The molecule has 0 aliphatic rings. The molecule has 0 unspecified atom stereocenters. The molecule has 0 spiro atoms. The Labute approximate surface area is 157 Å². The highest BCUT2D eigenvalue weighted by Crippen LogP contribution is 2.35. The summed E-state index contributed by atoms with van der Waals surface area (Å²) in [5, 5.41) is 3.81. The van der Waals surface area contributed by atoms with E-state index < -0.39 is 0 Å². The lowest BCUT2D eigenvalue weighted by molar-refractivity contribution is 0.302. The lowest BCUT2D eigenvalue weighted by atomic mass is 9.82. The molecule has 0 atom stereocenters. The normalized spacial score (nSPS) is 12.6. The standard InChI is InChI=1S/C23H31N3/c1-16-8-11-18(12-9-16)20-21(25-23(6,7)15-22(3,4)5)26-14-17(2)10-13-19(26)24-20/h8-14,25H,15H2,1-7H3. The van der Waals surface area contributed by atoms with Gasteiger partial charge in [-0.3, -0.25) is 4.40 Å². The minimum absolute atomic E-state index is 0.0442. The van der Waals surface area contributed by atoms with Gasteiger partial charge in [0.2, 0.25) is 0 Å². The molecule has 0 saturated heterocycles. The van der Waals surface area contributed by atoms with E-state index in [0.717, 1.165) is 29.1 Å². The summed E-state index contributed by atoms with van der Waals surface area (Å²) in [4.78, 5) is 4.93. The topological polar surface area (TPSA) is 29.3 Å². The van der Waals surface area contributed by atoms with Crippen LogP contribution < -0.4 is 5.32 Å². The quantitative estimate of drug-likeness (QED) is 0.603. The third-order valence-electron chi connectivity index (χ3n) is 4.52. The number of rotatable bonds is 4. The molecule has 0 bridgehead atoms. The molecule has 138 valence electrons. The van der Waals surface area contributed by atoms with Crippen LogP contribution in [0.25, 0.3) is 16.9 Å². The predicted molar refractivity (Wildman–Crippen MR) is 112 cm³/mol. The Morgan fingerprint density at radius 2 is 1.50 bits per heavy atom. The van der Waals surface area contributed by atoms with E-state index in [-0.39, 0.29) is 11.0 Å². The SMILES string of the molecule is Cc1ccc(-c2nc3ccc(C)cn3c2NC(C)(C)CC(C)(C)C)cc1. The summed E-state index contributed by atoms with van der Waals surface area (Å²) < 4.78 is 2.19. The van der Waals surface area contributed by atoms with Crippen molar-refractivity contribution in [2.45, 2.75) is 60.4 Å². The van der Waals surface area contributed by atoms with Gasteiger partial charge in [-0.2, -0.15) is 0 Å². The number of pyridine rings is 1. The van der Waals surface area contributed by atoms with Crippen LogP contribution in [-0.4, -0.2) is 14.9 Å². The molecule has 26 heavy (non-hydrogen) atoms. The van der Waals surface area contributed by atoms with Crippen LogP contribution in [0.2, 0.25) is 0 Å². The van der Waals surface area contributed by atoms with Crippen molar-refractivity contribution in [1.29, 1.82) is 0 Å². The van der Waals surface area contributed by atoms with Gasteiger partial charge in [-0.25, -0.2) is 4.98 Å². The fourth-order valence-corrected chi connectivity index (χ4v) is 3.87. The highest BCUT2D eigenvalue weighted by molar-refractivity contribution is 5.77. The minimum atomic E-state index is -0.0442. The first-order valence-electron chi connectivity index (χ1n) is 9.38. The van der Waals surface area contributed by atoms with E-state index >= 15 is 0 Å². The summed E-state index contributed by atoms with van der Waals surface area (Å²) in [7, 11) is 0. The number of hydrogen-bond donors (Lipinski definition) is 1. The van der Waals surface area contributed by atoms with Crippen LogP contribution in [0, 0.1) is 19.3 Å². The van der Waals surface area contributed by atoms with E-state index in [4.69, 9.17) is 4.98 Å². The van der Waals surface area contributed by atoms with Crippen molar-refractivity contribution in [3.8, 4) is 11.3 Å². The number of fused-ring (bicyclic) bond motifs is 1. The van der Waals surface area contributed by atoms with E-state index in [2.05, 4.69) is 101 Å². The number of aromatic nitrogens is 2. The molecule has 3 rings (SSSR count). The van der Waals surface area contributed by atoms with Crippen LogP contribution >= 0.6 is 0 Å². The third-order valence-corrected chi connectivity index (χ3v) is 4.52. The Morgan fingerprint density at radius 3 is 2.12 bits per heavy atom. The maximum absolute atomic E-state index is 4.93. The van der Waals surface area contributed by atoms with Crippen molar-refractivity contribution >= 4 is 11.5 Å². The van der Waals surface area contributed by atoms with Crippen LogP contribution in [-0.2, 0) is 0 Å². The second kappa shape index (κ2) is 6.46. The Morgan fingerprint density at radius 1 is 0.885 bits per heavy atom. The lowest BCUT2D eigenvalue weighted by Crippen LogP contribution is -2.36. The van der Waals surface area contributed by atoms with Crippen molar-refractivity contribution in [2.75, 3.05) is 5.32 Å². The molecule has 1 N–H and O–H groups in total. The molecule has 0 fully saturated rings. The van der Waals surface area contributed by atoms with E-state index in [1.165, 1.54) is 11.1 Å². The zero-order valence-electron chi connectivity index (χ0n) is 17.1. The van der Waals surface area contributed by atoms with Gasteiger partial charge >= 0.3 is 0 Å². The molecular weight excluding hydrogens is 318 g/mol. The van der Waals surface area contributed by atoms with Crippen LogP contribution in [0.3, 0.4) is 0 Å².